The smallest absolute Gasteiger partial charge is 0.293 e. The van der Waals surface area contributed by atoms with E-state index in [-0.39, 0.29) is 11.7 Å². The first-order valence-electron chi connectivity index (χ1n) is 4.61. The number of nitrogens with zero attached hydrogens (tertiary/aromatic N) is 1. The first kappa shape index (κ1) is 9.67. The summed E-state index contributed by atoms with van der Waals surface area (Å²) in [5.74, 6) is 0. The molecule has 0 radical (unpaired) electrons. The van der Waals surface area contributed by atoms with Crippen LogP contribution in [-0.2, 0) is 0 Å². The highest BCUT2D eigenvalue weighted by molar-refractivity contribution is 5.90. The van der Waals surface area contributed by atoms with Crippen LogP contribution in [0.1, 0.15) is 18.5 Å². The molecule has 2 rings (SSSR count). The molecule has 1 aromatic heterocycles. The zero-order chi connectivity index (χ0) is 11.0. The number of hydrogen-bond donors (Lipinski definition) is 2. The average molecular weight is 205 g/mol. The second-order valence-corrected chi connectivity index (χ2v) is 3.49. The third kappa shape index (κ3) is 1.46. The first-order chi connectivity index (χ1) is 7.11. The van der Waals surface area contributed by atoms with Crippen molar-refractivity contribution in [3.8, 4) is 0 Å². The topological polar surface area (TPSA) is 85.0 Å². The van der Waals surface area contributed by atoms with Gasteiger partial charge in [0.05, 0.1) is 4.92 Å². The van der Waals surface area contributed by atoms with Crippen LogP contribution in [0.25, 0.3) is 10.9 Å². The van der Waals surface area contributed by atoms with Gasteiger partial charge in [-0.25, -0.2) is 0 Å². The molecule has 78 valence electrons. The van der Waals surface area contributed by atoms with Crippen LogP contribution in [0, 0.1) is 10.1 Å². The molecule has 5 heteroatoms. The number of benzene rings is 1. The summed E-state index contributed by atoms with van der Waals surface area (Å²) in [6.07, 6.45) is 1.72. The fraction of sp³-hybridized carbons (Fsp3) is 0.200. The van der Waals surface area contributed by atoms with Crippen molar-refractivity contribution in [1.82, 2.24) is 4.98 Å². The summed E-state index contributed by atoms with van der Waals surface area (Å²) in [5.41, 5.74) is 7.28. The molecule has 0 amide bonds. The molecule has 0 aliphatic rings. The van der Waals surface area contributed by atoms with E-state index in [4.69, 9.17) is 5.73 Å². The van der Waals surface area contributed by atoms with Crippen LogP contribution in [0.3, 0.4) is 0 Å². The molecule has 0 spiro atoms. The van der Waals surface area contributed by atoms with Crippen molar-refractivity contribution in [3.05, 3.63) is 40.1 Å². The number of aromatic amines is 1. The molecule has 0 aliphatic carbocycles. The largest absolute Gasteiger partial charge is 0.355 e. The minimum Gasteiger partial charge on any atom is -0.355 e. The normalized spacial score (nSPS) is 12.9. The lowest BCUT2D eigenvalue weighted by Gasteiger charge is -2.01. The van der Waals surface area contributed by atoms with Crippen LogP contribution < -0.4 is 5.73 Å². The first-order valence-corrected chi connectivity index (χ1v) is 4.61. The van der Waals surface area contributed by atoms with Crippen molar-refractivity contribution in [2.75, 3.05) is 0 Å². The van der Waals surface area contributed by atoms with Crippen LogP contribution in [0.5, 0.6) is 0 Å². The molecule has 5 nitrogen and oxygen atoms in total. The fourth-order valence-corrected chi connectivity index (χ4v) is 1.69. The maximum atomic E-state index is 10.7. The number of non-ortho nitro benzene ring substituents is 1. The van der Waals surface area contributed by atoms with E-state index in [1.807, 2.05) is 13.0 Å². The summed E-state index contributed by atoms with van der Waals surface area (Å²) in [4.78, 5) is 13.2. The van der Waals surface area contributed by atoms with Crippen molar-refractivity contribution in [3.63, 3.8) is 0 Å². The molecule has 15 heavy (non-hydrogen) atoms. The highest BCUT2D eigenvalue weighted by atomic mass is 16.6. The van der Waals surface area contributed by atoms with Gasteiger partial charge < -0.3 is 10.7 Å². The molecule has 1 aromatic carbocycles. The quantitative estimate of drug-likeness (QED) is 0.581. The molecule has 0 unspecified atom stereocenters. The van der Waals surface area contributed by atoms with Crippen molar-refractivity contribution < 1.29 is 4.92 Å². The van der Waals surface area contributed by atoms with E-state index in [9.17, 15) is 10.1 Å². The van der Waals surface area contributed by atoms with Crippen LogP contribution in [0.2, 0.25) is 0 Å². The minimum absolute atomic E-state index is 0.0828. The zero-order valence-electron chi connectivity index (χ0n) is 8.23. The zero-order valence-corrected chi connectivity index (χ0v) is 8.23. The number of nitrogens with two attached hydrogens (primary N) is 1. The number of nitro groups is 1. The Hall–Kier alpha value is -1.88. The predicted octanol–water partition coefficient (Wildman–Crippen LogP) is 2.10. The maximum absolute atomic E-state index is 10.7. The van der Waals surface area contributed by atoms with Crippen LogP contribution in [-0.4, -0.2) is 9.91 Å². The number of para-hydroxylation sites is 1. The second kappa shape index (κ2) is 3.36. The Morgan fingerprint density at radius 3 is 2.87 bits per heavy atom. The SMILES string of the molecule is C[C@@H](N)c1c[nH]c2c([N+](=O)[O-])cccc12. The summed E-state index contributed by atoms with van der Waals surface area (Å²) in [6, 6.07) is 4.84. The Morgan fingerprint density at radius 2 is 2.27 bits per heavy atom. The van der Waals surface area contributed by atoms with Crippen molar-refractivity contribution in [1.29, 1.82) is 0 Å². The van der Waals surface area contributed by atoms with Gasteiger partial charge in [0.2, 0.25) is 0 Å². The van der Waals surface area contributed by atoms with Crippen molar-refractivity contribution >= 4 is 16.6 Å². The Balaban J connectivity index is 2.74. The Bertz CT molecular complexity index is 516. The van der Waals surface area contributed by atoms with Crippen molar-refractivity contribution in [2.45, 2.75) is 13.0 Å². The summed E-state index contributed by atoms with van der Waals surface area (Å²) >= 11 is 0. The number of fused-ring (bicyclic) bond motifs is 1. The number of hydrogen-bond acceptors (Lipinski definition) is 3. The molecular weight excluding hydrogens is 194 g/mol. The number of nitrogens with one attached hydrogen (secondary N) is 1. The third-order valence-electron chi connectivity index (χ3n) is 2.41. The lowest BCUT2D eigenvalue weighted by Crippen LogP contribution is -2.03. The van der Waals surface area contributed by atoms with Crippen LogP contribution in [0.4, 0.5) is 5.69 Å². The Kier molecular flexibility index (Phi) is 2.17. The van der Waals surface area contributed by atoms with Gasteiger partial charge in [0, 0.05) is 23.7 Å². The van der Waals surface area contributed by atoms with Gasteiger partial charge in [-0.3, -0.25) is 10.1 Å². The average Bonchev–Trinajstić information content (AvgIpc) is 2.59. The number of nitro benzene ring substituents is 1. The predicted molar refractivity (Wildman–Crippen MR) is 57.6 cm³/mol. The van der Waals surface area contributed by atoms with E-state index in [1.54, 1.807) is 12.3 Å². The van der Waals surface area contributed by atoms with E-state index in [2.05, 4.69) is 4.98 Å². The monoisotopic (exact) mass is 205 g/mol. The Labute approximate surface area is 86.0 Å². The van der Waals surface area contributed by atoms with Gasteiger partial charge in [-0.2, -0.15) is 0 Å². The molecule has 2 aromatic rings. The highest BCUT2D eigenvalue weighted by Crippen LogP contribution is 2.29. The van der Waals surface area contributed by atoms with Gasteiger partial charge >= 0.3 is 0 Å². The van der Waals surface area contributed by atoms with Gasteiger partial charge in [-0.1, -0.05) is 12.1 Å². The van der Waals surface area contributed by atoms with Gasteiger partial charge in [0.15, 0.2) is 0 Å². The molecule has 0 fully saturated rings. The van der Waals surface area contributed by atoms with Gasteiger partial charge in [0.25, 0.3) is 5.69 Å². The summed E-state index contributed by atoms with van der Waals surface area (Å²) in [6.45, 7) is 1.85. The summed E-state index contributed by atoms with van der Waals surface area (Å²) in [5, 5.41) is 11.6. The van der Waals surface area contributed by atoms with Crippen LogP contribution >= 0.6 is 0 Å². The molecular formula is C10H11N3O2. The molecule has 1 atom stereocenters. The highest BCUT2D eigenvalue weighted by Gasteiger charge is 2.15. The molecule has 3 N–H and O–H groups in total. The van der Waals surface area contributed by atoms with E-state index in [0.29, 0.717) is 5.52 Å². The fourth-order valence-electron chi connectivity index (χ4n) is 1.69. The standard InChI is InChI=1S/C10H11N3O2/c1-6(11)8-5-12-10-7(8)3-2-4-9(10)13(14)15/h2-6,12H,11H2,1H3/t6-/m1/s1. The van der Waals surface area contributed by atoms with E-state index in [1.165, 1.54) is 6.07 Å². The maximum Gasteiger partial charge on any atom is 0.293 e. The van der Waals surface area contributed by atoms with Crippen molar-refractivity contribution in [2.24, 2.45) is 5.73 Å². The van der Waals surface area contributed by atoms with E-state index in [0.717, 1.165) is 10.9 Å². The molecule has 1 heterocycles. The minimum atomic E-state index is -0.399. The molecule has 0 bridgehead atoms. The van der Waals surface area contributed by atoms with Crippen LogP contribution in [0.15, 0.2) is 24.4 Å². The molecule has 0 saturated heterocycles. The number of rotatable bonds is 2. The molecule has 0 aliphatic heterocycles. The molecule has 0 saturated carbocycles. The Morgan fingerprint density at radius 1 is 1.53 bits per heavy atom. The number of H-pyrrole nitrogens is 1. The van der Waals surface area contributed by atoms with E-state index < -0.39 is 4.92 Å². The summed E-state index contributed by atoms with van der Waals surface area (Å²) < 4.78 is 0. The van der Waals surface area contributed by atoms with Gasteiger partial charge in [0.1, 0.15) is 5.52 Å². The lowest BCUT2D eigenvalue weighted by atomic mass is 10.1. The number of aromatic nitrogens is 1. The lowest BCUT2D eigenvalue weighted by molar-refractivity contribution is -0.383. The van der Waals surface area contributed by atoms with E-state index >= 15 is 0 Å². The summed E-state index contributed by atoms with van der Waals surface area (Å²) in [7, 11) is 0. The van der Waals surface area contributed by atoms with Gasteiger partial charge in [-0.15, -0.1) is 0 Å². The third-order valence-corrected chi connectivity index (χ3v) is 2.41. The second-order valence-electron chi connectivity index (χ2n) is 3.49. The van der Waals surface area contributed by atoms with Gasteiger partial charge in [-0.05, 0) is 12.5 Å².